The van der Waals surface area contributed by atoms with Crippen molar-refractivity contribution in [1.82, 2.24) is 4.98 Å². The maximum absolute atomic E-state index is 12.8. The molecule has 1 aromatic carbocycles. The van der Waals surface area contributed by atoms with Crippen LogP contribution in [0.3, 0.4) is 0 Å². The minimum atomic E-state index is -0.224. The Hall–Kier alpha value is -3.52. The molecule has 0 atom stereocenters. The number of hydrogen-bond donors (Lipinski definition) is 2. The molecule has 31 heavy (non-hydrogen) atoms. The highest BCUT2D eigenvalue weighted by Crippen LogP contribution is 2.33. The van der Waals surface area contributed by atoms with Crippen LogP contribution in [-0.2, 0) is 11.2 Å². The van der Waals surface area contributed by atoms with Crippen molar-refractivity contribution in [3.8, 4) is 0 Å². The molecular formula is C23H20N4O3S. The van der Waals surface area contributed by atoms with Crippen LogP contribution in [0.5, 0.6) is 0 Å². The molecule has 0 saturated heterocycles. The largest absolute Gasteiger partial charge is 0.321 e. The van der Waals surface area contributed by atoms with Gasteiger partial charge in [0.05, 0.1) is 15.4 Å². The Morgan fingerprint density at radius 3 is 2.71 bits per heavy atom. The number of carbonyl (C=O) groups is 3. The van der Waals surface area contributed by atoms with Crippen molar-refractivity contribution < 1.29 is 14.4 Å². The first kappa shape index (κ1) is 19.4. The second-order valence-corrected chi connectivity index (χ2v) is 8.76. The van der Waals surface area contributed by atoms with E-state index in [1.54, 1.807) is 47.6 Å². The van der Waals surface area contributed by atoms with Crippen molar-refractivity contribution in [1.29, 1.82) is 0 Å². The minimum absolute atomic E-state index is 0.0258. The van der Waals surface area contributed by atoms with E-state index in [1.165, 1.54) is 11.3 Å². The van der Waals surface area contributed by atoms with Crippen LogP contribution in [-0.4, -0.2) is 29.3 Å². The monoisotopic (exact) mass is 432 g/mol. The molecule has 0 bridgehead atoms. The summed E-state index contributed by atoms with van der Waals surface area (Å²) >= 11 is 1.26. The fourth-order valence-electron chi connectivity index (χ4n) is 3.62. The SMILES string of the molecule is O=C(Nc1ccc2c(c1)CCN2C(=O)c1cccnc1)c1ccc(NC(=O)C2CC2)s1. The number of carbonyl (C=O) groups excluding carboxylic acids is 3. The molecule has 0 radical (unpaired) electrons. The van der Waals surface area contributed by atoms with Gasteiger partial charge in [0, 0.05) is 36.2 Å². The summed E-state index contributed by atoms with van der Waals surface area (Å²) in [6, 6.07) is 12.5. The molecule has 7 nitrogen and oxygen atoms in total. The molecule has 3 aromatic rings. The fourth-order valence-corrected chi connectivity index (χ4v) is 4.43. The molecule has 1 aliphatic heterocycles. The Morgan fingerprint density at radius 2 is 1.94 bits per heavy atom. The molecular weight excluding hydrogens is 412 g/mol. The number of amides is 3. The van der Waals surface area contributed by atoms with Crippen molar-refractivity contribution in [2.75, 3.05) is 22.1 Å². The third-order valence-corrected chi connectivity index (χ3v) is 6.41. The zero-order valence-electron chi connectivity index (χ0n) is 16.6. The van der Waals surface area contributed by atoms with Crippen molar-refractivity contribution in [2.24, 2.45) is 5.92 Å². The summed E-state index contributed by atoms with van der Waals surface area (Å²) in [6.45, 7) is 0.593. The van der Waals surface area contributed by atoms with E-state index in [4.69, 9.17) is 0 Å². The quantitative estimate of drug-likeness (QED) is 0.639. The number of hydrogen-bond acceptors (Lipinski definition) is 5. The van der Waals surface area contributed by atoms with Crippen LogP contribution in [0.2, 0.25) is 0 Å². The zero-order chi connectivity index (χ0) is 21.4. The molecule has 1 fully saturated rings. The molecule has 1 aliphatic carbocycles. The van der Waals surface area contributed by atoms with Crippen LogP contribution in [0.25, 0.3) is 0 Å². The van der Waals surface area contributed by atoms with Gasteiger partial charge in [-0.15, -0.1) is 11.3 Å². The number of anilines is 3. The highest BCUT2D eigenvalue weighted by atomic mass is 32.1. The van der Waals surface area contributed by atoms with Gasteiger partial charge in [0.1, 0.15) is 0 Å². The fraction of sp³-hybridized carbons (Fsp3) is 0.217. The van der Waals surface area contributed by atoms with Crippen LogP contribution in [0.1, 0.15) is 38.4 Å². The van der Waals surface area contributed by atoms with Crippen LogP contribution in [0.4, 0.5) is 16.4 Å². The Labute approximate surface area is 183 Å². The topological polar surface area (TPSA) is 91.4 Å². The lowest BCUT2D eigenvalue weighted by atomic mass is 10.1. The van der Waals surface area contributed by atoms with Gasteiger partial charge in [-0.3, -0.25) is 19.4 Å². The van der Waals surface area contributed by atoms with Gasteiger partial charge >= 0.3 is 0 Å². The number of pyridine rings is 1. The Morgan fingerprint density at radius 1 is 1.06 bits per heavy atom. The maximum Gasteiger partial charge on any atom is 0.265 e. The first-order chi connectivity index (χ1) is 15.1. The number of benzene rings is 1. The summed E-state index contributed by atoms with van der Waals surface area (Å²) < 4.78 is 0. The summed E-state index contributed by atoms with van der Waals surface area (Å²) in [6.07, 6.45) is 5.81. The standard InChI is InChI=1S/C23H20N4O3S/c28-21(14-3-4-14)26-20-8-7-19(31-20)22(29)25-17-5-6-18-15(12-17)9-11-27(18)23(30)16-2-1-10-24-13-16/h1-2,5-8,10,12-14H,3-4,9,11H2,(H,25,29)(H,26,28). The van der Waals surface area contributed by atoms with E-state index < -0.39 is 0 Å². The molecule has 2 N–H and O–H groups in total. The van der Waals surface area contributed by atoms with Crippen LogP contribution in [0.15, 0.2) is 54.9 Å². The summed E-state index contributed by atoms with van der Waals surface area (Å²) in [7, 11) is 0. The average Bonchev–Trinajstić information content (AvgIpc) is 3.40. The summed E-state index contributed by atoms with van der Waals surface area (Å²) in [4.78, 5) is 43.6. The molecule has 1 saturated carbocycles. The van der Waals surface area contributed by atoms with Gasteiger partial charge in [0.15, 0.2) is 0 Å². The number of rotatable bonds is 5. The smallest absolute Gasteiger partial charge is 0.265 e. The molecule has 8 heteroatoms. The van der Waals surface area contributed by atoms with E-state index in [0.29, 0.717) is 27.7 Å². The molecule has 0 spiro atoms. The second kappa shape index (κ2) is 7.96. The summed E-state index contributed by atoms with van der Waals surface area (Å²) in [5, 5.41) is 6.46. The molecule has 5 rings (SSSR count). The van der Waals surface area contributed by atoms with Gasteiger partial charge in [-0.1, -0.05) is 0 Å². The molecule has 3 heterocycles. The van der Waals surface area contributed by atoms with Crippen LogP contribution in [0, 0.1) is 5.92 Å². The highest BCUT2D eigenvalue weighted by Gasteiger charge is 2.30. The third-order valence-electron chi connectivity index (χ3n) is 5.41. The minimum Gasteiger partial charge on any atom is -0.321 e. The van der Waals surface area contributed by atoms with E-state index in [-0.39, 0.29) is 23.6 Å². The number of thiophene rings is 1. The summed E-state index contributed by atoms with van der Waals surface area (Å²) in [5.41, 5.74) is 3.10. The van der Waals surface area contributed by atoms with E-state index in [1.807, 2.05) is 12.1 Å². The van der Waals surface area contributed by atoms with E-state index in [0.717, 1.165) is 30.5 Å². The van der Waals surface area contributed by atoms with Gasteiger partial charge in [0.25, 0.3) is 11.8 Å². The lowest BCUT2D eigenvalue weighted by molar-refractivity contribution is -0.117. The first-order valence-corrected chi connectivity index (χ1v) is 11.0. The Balaban J connectivity index is 1.26. The number of nitrogens with one attached hydrogen (secondary N) is 2. The molecule has 156 valence electrons. The lowest BCUT2D eigenvalue weighted by Crippen LogP contribution is -2.28. The Kier molecular flexibility index (Phi) is 4.99. The first-order valence-electron chi connectivity index (χ1n) is 10.2. The Bertz CT molecular complexity index is 1170. The van der Waals surface area contributed by atoms with Crippen molar-refractivity contribution >= 4 is 45.4 Å². The molecule has 3 amide bonds. The average molecular weight is 433 g/mol. The number of fused-ring (bicyclic) bond motifs is 1. The molecule has 0 unspecified atom stereocenters. The second-order valence-electron chi connectivity index (χ2n) is 7.67. The van der Waals surface area contributed by atoms with Crippen LogP contribution >= 0.6 is 11.3 Å². The molecule has 2 aliphatic rings. The van der Waals surface area contributed by atoms with Gasteiger partial charge in [0.2, 0.25) is 5.91 Å². The van der Waals surface area contributed by atoms with Gasteiger partial charge in [-0.25, -0.2) is 0 Å². The van der Waals surface area contributed by atoms with Gasteiger partial charge < -0.3 is 15.5 Å². The summed E-state index contributed by atoms with van der Waals surface area (Å²) in [5.74, 6) is -0.158. The number of nitrogens with zero attached hydrogens (tertiary/aromatic N) is 2. The predicted molar refractivity (Wildman–Crippen MR) is 120 cm³/mol. The van der Waals surface area contributed by atoms with Gasteiger partial charge in [-0.05, 0) is 67.3 Å². The lowest BCUT2D eigenvalue weighted by Gasteiger charge is -2.17. The van der Waals surface area contributed by atoms with E-state index in [2.05, 4.69) is 15.6 Å². The highest BCUT2D eigenvalue weighted by molar-refractivity contribution is 7.18. The number of aromatic nitrogens is 1. The van der Waals surface area contributed by atoms with Crippen LogP contribution < -0.4 is 15.5 Å². The van der Waals surface area contributed by atoms with Crippen molar-refractivity contribution in [3.05, 3.63) is 70.9 Å². The zero-order valence-corrected chi connectivity index (χ0v) is 17.4. The normalized spacial score (nSPS) is 14.8. The molecule has 2 aromatic heterocycles. The van der Waals surface area contributed by atoms with E-state index in [9.17, 15) is 14.4 Å². The van der Waals surface area contributed by atoms with E-state index >= 15 is 0 Å². The third kappa shape index (κ3) is 4.06. The maximum atomic E-state index is 12.8. The van der Waals surface area contributed by atoms with Crippen molar-refractivity contribution in [3.63, 3.8) is 0 Å². The predicted octanol–water partition coefficient (Wildman–Crippen LogP) is 3.95. The van der Waals surface area contributed by atoms with Crippen molar-refractivity contribution in [2.45, 2.75) is 19.3 Å². The van der Waals surface area contributed by atoms with Gasteiger partial charge in [-0.2, -0.15) is 0 Å².